The first-order valence-electron chi connectivity index (χ1n) is 9.80. The SMILES string of the molecule is O=C(Nc1cncc(-c2ccc3[nH]nc(-c4cc5cccnc5[nH]4)c3n2)c1)C1CC1. The topological polar surface area (TPSA) is 112 Å². The summed E-state index contributed by atoms with van der Waals surface area (Å²) in [6.07, 6.45) is 7.08. The summed E-state index contributed by atoms with van der Waals surface area (Å²) in [5, 5.41) is 11.5. The minimum absolute atomic E-state index is 0.0573. The molecule has 0 radical (unpaired) electrons. The fourth-order valence-electron chi connectivity index (χ4n) is 3.57. The highest BCUT2D eigenvalue weighted by atomic mass is 16.2. The van der Waals surface area contributed by atoms with Crippen LogP contribution < -0.4 is 5.32 Å². The van der Waals surface area contributed by atoms with Crippen LogP contribution >= 0.6 is 0 Å². The predicted molar refractivity (Wildman–Crippen MR) is 114 cm³/mol. The summed E-state index contributed by atoms with van der Waals surface area (Å²) in [6, 6.07) is 11.7. The first-order chi connectivity index (χ1) is 14.7. The van der Waals surface area contributed by atoms with Gasteiger partial charge in [0.15, 0.2) is 0 Å². The maximum atomic E-state index is 12.1. The molecule has 0 saturated heterocycles. The van der Waals surface area contributed by atoms with Gasteiger partial charge in [-0.1, -0.05) is 0 Å². The van der Waals surface area contributed by atoms with Crippen LogP contribution in [0.3, 0.4) is 0 Å². The Morgan fingerprint density at radius 3 is 2.93 bits per heavy atom. The van der Waals surface area contributed by atoms with Crippen LogP contribution in [0, 0.1) is 5.92 Å². The summed E-state index contributed by atoms with van der Waals surface area (Å²) in [6.45, 7) is 0. The number of nitrogens with zero attached hydrogens (tertiary/aromatic N) is 4. The number of carbonyl (C=O) groups excluding carboxylic acids is 1. The third-order valence-corrected chi connectivity index (χ3v) is 5.30. The van der Waals surface area contributed by atoms with E-state index in [4.69, 9.17) is 4.98 Å². The molecule has 1 aliphatic carbocycles. The van der Waals surface area contributed by atoms with Crippen LogP contribution in [0.15, 0.2) is 55.0 Å². The maximum Gasteiger partial charge on any atom is 0.227 e. The normalized spacial score (nSPS) is 13.7. The van der Waals surface area contributed by atoms with Gasteiger partial charge in [0, 0.05) is 29.3 Å². The van der Waals surface area contributed by atoms with Gasteiger partial charge in [0.25, 0.3) is 0 Å². The summed E-state index contributed by atoms with van der Waals surface area (Å²) in [5.74, 6) is 0.198. The van der Waals surface area contributed by atoms with Crippen molar-refractivity contribution in [2.45, 2.75) is 12.8 Å². The molecule has 0 unspecified atom stereocenters. The number of amides is 1. The van der Waals surface area contributed by atoms with Crippen molar-refractivity contribution < 1.29 is 4.79 Å². The number of hydrogen-bond donors (Lipinski definition) is 3. The number of fused-ring (bicyclic) bond motifs is 2. The van der Waals surface area contributed by atoms with Gasteiger partial charge in [0.05, 0.1) is 28.8 Å². The van der Waals surface area contributed by atoms with Crippen LogP contribution in [0.25, 0.3) is 44.7 Å². The Bertz CT molecular complexity index is 1380. The average Bonchev–Trinajstić information content (AvgIpc) is 3.40. The van der Waals surface area contributed by atoms with Crippen molar-refractivity contribution in [3.05, 3.63) is 55.0 Å². The minimum atomic E-state index is 0.0573. The van der Waals surface area contributed by atoms with Crippen LogP contribution in [-0.2, 0) is 4.79 Å². The number of carbonyl (C=O) groups is 1. The second-order valence-electron chi connectivity index (χ2n) is 7.51. The molecule has 8 heteroatoms. The molecule has 0 spiro atoms. The highest BCUT2D eigenvalue weighted by Gasteiger charge is 2.29. The summed E-state index contributed by atoms with van der Waals surface area (Å²) < 4.78 is 0. The molecule has 1 fully saturated rings. The molecular formula is C22H17N7O. The van der Waals surface area contributed by atoms with Crippen LogP contribution in [0.5, 0.6) is 0 Å². The molecule has 8 nitrogen and oxygen atoms in total. The molecule has 5 heterocycles. The first kappa shape index (κ1) is 16.8. The predicted octanol–water partition coefficient (Wildman–Crippen LogP) is 3.91. The Hall–Kier alpha value is -4.07. The lowest BCUT2D eigenvalue weighted by molar-refractivity contribution is -0.117. The van der Waals surface area contributed by atoms with Crippen molar-refractivity contribution in [2.75, 3.05) is 5.32 Å². The van der Waals surface area contributed by atoms with E-state index in [0.29, 0.717) is 5.69 Å². The quantitative estimate of drug-likeness (QED) is 0.427. The molecule has 30 heavy (non-hydrogen) atoms. The average molecular weight is 395 g/mol. The largest absolute Gasteiger partial charge is 0.338 e. The van der Waals surface area contributed by atoms with Gasteiger partial charge >= 0.3 is 0 Å². The van der Waals surface area contributed by atoms with Crippen molar-refractivity contribution in [1.29, 1.82) is 0 Å². The molecule has 1 aliphatic rings. The smallest absolute Gasteiger partial charge is 0.227 e. The Labute approximate surface area is 170 Å². The molecule has 1 amide bonds. The van der Waals surface area contributed by atoms with E-state index < -0.39 is 0 Å². The van der Waals surface area contributed by atoms with Crippen LogP contribution in [0.2, 0.25) is 0 Å². The summed E-state index contributed by atoms with van der Waals surface area (Å²) >= 11 is 0. The van der Waals surface area contributed by atoms with E-state index in [1.807, 2.05) is 36.4 Å². The van der Waals surface area contributed by atoms with Gasteiger partial charge < -0.3 is 10.3 Å². The van der Waals surface area contributed by atoms with Crippen LogP contribution in [0.1, 0.15) is 12.8 Å². The van der Waals surface area contributed by atoms with Crippen molar-refractivity contribution >= 4 is 33.7 Å². The third kappa shape index (κ3) is 2.89. The van der Waals surface area contributed by atoms with E-state index in [0.717, 1.165) is 57.6 Å². The van der Waals surface area contributed by atoms with Crippen molar-refractivity contribution in [3.63, 3.8) is 0 Å². The lowest BCUT2D eigenvalue weighted by Gasteiger charge is -2.06. The molecule has 5 aromatic rings. The highest BCUT2D eigenvalue weighted by Crippen LogP contribution is 2.31. The number of pyridine rings is 3. The molecule has 5 aromatic heterocycles. The fraction of sp³-hybridized carbons (Fsp3) is 0.136. The number of aromatic amines is 2. The second kappa shape index (κ2) is 6.48. The Kier molecular flexibility index (Phi) is 3.64. The van der Waals surface area contributed by atoms with E-state index in [1.165, 1.54) is 0 Å². The van der Waals surface area contributed by atoms with Crippen molar-refractivity contribution in [2.24, 2.45) is 5.92 Å². The van der Waals surface area contributed by atoms with Gasteiger partial charge in [-0.15, -0.1) is 0 Å². The number of anilines is 1. The number of rotatable bonds is 4. The molecule has 1 saturated carbocycles. The fourth-order valence-corrected chi connectivity index (χ4v) is 3.57. The Balaban J connectivity index is 1.40. The minimum Gasteiger partial charge on any atom is -0.338 e. The van der Waals surface area contributed by atoms with Gasteiger partial charge in [-0.25, -0.2) is 9.97 Å². The van der Waals surface area contributed by atoms with Gasteiger partial charge in [-0.2, -0.15) is 5.10 Å². The van der Waals surface area contributed by atoms with Crippen molar-refractivity contribution in [1.82, 2.24) is 30.1 Å². The van der Waals surface area contributed by atoms with Crippen LogP contribution in [0.4, 0.5) is 5.69 Å². The monoisotopic (exact) mass is 395 g/mol. The van der Waals surface area contributed by atoms with E-state index in [1.54, 1.807) is 18.6 Å². The number of H-pyrrole nitrogens is 2. The molecular weight excluding hydrogens is 378 g/mol. The van der Waals surface area contributed by atoms with Gasteiger partial charge in [-0.3, -0.25) is 14.9 Å². The highest BCUT2D eigenvalue weighted by molar-refractivity contribution is 5.95. The molecule has 0 aliphatic heterocycles. The summed E-state index contributed by atoms with van der Waals surface area (Å²) in [5.41, 5.74) is 6.26. The Morgan fingerprint density at radius 2 is 2.07 bits per heavy atom. The van der Waals surface area contributed by atoms with E-state index >= 15 is 0 Å². The number of hydrogen-bond acceptors (Lipinski definition) is 5. The second-order valence-corrected chi connectivity index (χ2v) is 7.51. The molecule has 0 bridgehead atoms. The molecule has 6 rings (SSSR count). The van der Waals surface area contributed by atoms with E-state index in [9.17, 15) is 4.79 Å². The van der Waals surface area contributed by atoms with Gasteiger partial charge in [-0.05, 0) is 49.2 Å². The van der Waals surface area contributed by atoms with E-state index in [-0.39, 0.29) is 11.8 Å². The third-order valence-electron chi connectivity index (χ3n) is 5.30. The summed E-state index contributed by atoms with van der Waals surface area (Å²) in [7, 11) is 0. The molecule has 3 N–H and O–H groups in total. The van der Waals surface area contributed by atoms with Crippen molar-refractivity contribution in [3.8, 4) is 22.6 Å². The van der Waals surface area contributed by atoms with Crippen LogP contribution in [-0.4, -0.2) is 36.0 Å². The summed E-state index contributed by atoms with van der Waals surface area (Å²) in [4.78, 5) is 28.8. The standard InChI is InChI=1S/C22H17N7O/c30-22(12-3-4-12)25-15-8-14(10-23-11-15)16-5-6-17-19(26-16)20(29-28-17)18-9-13-2-1-7-24-21(13)27-18/h1-2,5-12H,3-4H2,(H,24,27)(H,25,30)(H,28,29). The molecule has 146 valence electrons. The number of aromatic nitrogens is 6. The Morgan fingerprint density at radius 1 is 1.13 bits per heavy atom. The first-order valence-corrected chi connectivity index (χ1v) is 9.80. The molecule has 0 aromatic carbocycles. The van der Waals surface area contributed by atoms with Gasteiger partial charge in [0.1, 0.15) is 16.9 Å². The zero-order chi connectivity index (χ0) is 20.1. The zero-order valence-corrected chi connectivity index (χ0v) is 15.9. The zero-order valence-electron chi connectivity index (χ0n) is 15.9. The van der Waals surface area contributed by atoms with Gasteiger partial charge in [0.2, 0.25) is 5.91 Å². The van der Waals surface area contributed by atoms with E-state index in [2.05, 4.69) is 30.5 Å². The number of nitrogens with one attached hydrogen (secondary N) is 3. The lowest BCUT2D eigenvalue weighted by atomic mass is 10.1. The molecule has 0 atom stereocenters. The maximum absolute atomic E-state index is 12.1. The lowest BCUT2D eigenvalue weighted by Crippen LogP contribution is -2.13.